The number of ether oxygens (including phenoxy) is 1. The minimum Gasteiger partial charge on any atom is -0.457 e. The lowest BCUT2D eigenvalue weighted by atomic mass is 10.2. The first-order chi connectivity index (χ1) is 9.08. The predicted molar refractivity (Wildman–Crippen MR) is 73.3 cm³/mol. The Morgan fingerprint density at radius 2 is 1.63 bits per heavy atom. The van der Waals surface area contributed by atoms with Crippen molar-refractivity contribution in [2.75, 3.05) is 0 Å². The lowest BCUT2D eigenvalue weighted by molar-refractivity contribution is 0.107. The topological polar surface area (TPSA) is 43.4 Å². The minimum absolute atomic E-state index is 0.256. The van der Waals surface area contributed by atoms with Crippen molar-refractivity contribution in [2.45, 2.75) is 0 Å². The van der Waals surface area contributed by atoms with Crippen molar-refractivity contribution in [2.24, 2.45) is 0 Å². The number of rotatable bonds is 4. The second kappa shape index (κ2) is 5.87. The lowest BCUT2D eigenvalue weighted by Gasteiger charge is -2.08. The van der Waals surface area contributed by atoms with Gasteiger partial charge in [-0.05, 0) is 53.5 Å². The quantitative estimate of drug-likeness (QED) is 0.792. The summed E-state index contributed by atoms with van der Waals surface area (Å²) in [7, 11) is 0. The van der Waals surface area contributed by atoms with Crippen molar-refractivity contribution in [3.63, 3.8) is 0 Å². The molecule has 19 heavy (non-hydrogen) atoms. The van der Waals surface area contributed by atoms with E-state index >= 15 is 0 Å². The zero-order valence-electron chi connectivity index (χ0n) is 9.60. The molecule has 0 aliphatic rings. The van der Waals surface area contributed by atoms with Crippen LogP contribution in [0.1, 0.15) is 20.7 Å². The number of para-hydroxylation sites is 1. The standard InChI is InChI=1S/C14H8Cl2O3/c15-13(17)9-4-3-5-10(8-9)19-12-7-2-1-6-11(12)14(16)18/h1-8H. The Hall–Kier alpha value is -1.84. The molecule has 2 aromatic carbocycles. The van der Waals surface area contributed by atoms with Crippen LogP contribution in [0.15, 0.2) is 48.5 Å². The van der Waals surface area contributed by atoms with Gasteiger partial charge in [0.1, 0.15) is 11.5 Å². The molecule has 0 fully saturated rings. The molecule has 2 aromatic rings. The van der Waals surface area contributed by atoms with Crippen LogP contribution in [0.4, 0.5) is 0 Å². The molecule has 0 amide bonds. The van der Waals surface area contributed by atoms with Crippen LogP contribution < -0.4 is 4.74 Å². The summed E-state index contributed by atoms with van der Waals surface area (Å²) in [6, 6.07) is 12.9. The molecule has 0 saturated carbocycles. The maximum atomic E-state index is 11.2. The van der Waals surface area contributed by atoms with E-state index in [1.165, 1.54) is 6.07 Å². The highest BCUT2D eigenvalue weighted by atomic mass is 35.5. The maximum Gasteiger partial charge on any atom is 0.256 e. The zero-order chi connectivity index (χ0) is 13.8. The smallest absolute Gasteiger partial charge is 0.256 e. The highest BCUT2D eigenvalue weighted by Crippen LogP contribution is 2.27. The summed E-state index contributed by atoms with van der Waals surface area (Å²) in [5.74, 6) is 0.721. The summed E-state index contributed by atoms with van der Waals surface area (Å²) in [6.07, 6.45) is 0. The Labute approximate surface area is 119 Å². The van der Waals surface area contributed by atoms with Crippen molar-refractivity contribution in [3.05, 3.63) is 59.7 Å². The normalized spacial score (nSPS) is 10.0. The summed E-state index contributed by atoms with van der Waals surface area (Å²) < 4.78 is 5.55. The Bertz CT molecular complexity index is 638. The van der Waals surface area contributed by atoms with E-state index in [1.54, 1.807) is 42.5 Å². The molecular formula is C14H8Cl2O3. The van der Waals surface area contributed by atoms with Crippen LogP contribution in [0.3, 0.4) is 0 Å². The molecule has 0 atom stereocenters. The number of carbonyl (C=O) groups is 2. The van der Waals surface area contributed by atoms with Crippen molar-refractivity contribution in [1.29, 1.82) is 0 Å². The van der Waals surface area contributed by atoms with Crippen LogP contribution in [-0.2, 0) is 0 Å². The highest BCUT2D eigenvalue weighted by molar-refractivity contribution is 6.68. The van der Waals surface area contributed by atoms with Crippen molar-refractivity contribution in [1.82, 2.24) is 0 Å². The Balaban J connectivity index is 2.34. The molecule has 0 bridgehead atoms. The molecule has 0 N–H and O–H groups in total. The van der Waals surface area contributed by atoms with E-state index in [0.29, 0.717) is 17.1 Å². The first-order valence-electron chi connectivity index (χ1n) is 5.34. The third kappa shape index (κ3) is 3.34. The Kier molecular flexibility index (Phi) is 4.20. The summed E-state index contributed by atoms with van der Waals surface area (Å²) in [5, 5.41) is -1.19. The highest BCUT2D eigenvalue weighted by Gasteiger charge is 2.11. The van der Waals surface area contributed by atoms with Crippen LogP contribution in [0.2, 0.25) is 0 Å². The van der Waals surface area contributed by atoms with Crippen LogP contribution in [0.5, 0.6) is 11.5 Å². The second-order valence-electron chi connectivity index (χ2n) is 3.67. The third-order valence-corrected chi connectivity index (χ3v) is 2.81. The number of benzene rings is 2. The monoisotopic (exact) mass is 294 g/mol. The van der Waals surface area contributed by atoms with E-state index in [-0.39, 0.29) is 5.56 Å². The van der Waals surface area contributed by atoms with Gasteiger partial charge in [0.25, 0.3) is 10.5 Å². The summed E-state index contributed by atoms with van der Waals surface area (Å²) >= 11 is 10.9. The van der Waals surface area contributed by atoms with Crippen molar-refractivity contribution < 1.29 is 14.3 Å². The second-order valence-corrected chi connectivity index (χ2v) is 4.36. The first kappa shape index (κ1) is 13.6. The van der Waals surface area contributed by atoms with E-state index < -0.39 is 10.5 Å². The molecule has 3 nitrogen and oxygen atoms in total. The zero-order valence-corrected chi connectivity index (χ0v) is 11.1. The molecule has 0 aliphatic heterocycles. The van der Waals surface area contributed by atoms with E-state index in [1.807, 2.05) is 0 Å². The first-order valence-corrected chi connectivity index (χ1v) is 6.10. The Morgan fingerprint density at radius 1 is 0.895 bits per heavy atom. The average Bonchev–Trinajstić information content (AvgIpc) is 2.39. The van der Waals surface area contributed by atoms with Gasteiger partial charge in [-0.1, -0.05) is 18.2 Å². The molecular weight excluding hydrogens is 287 g/mol. The van der Waals surface area contributed by atoms with E-state index in [9.17, 15) is 9.59 Å². The SMILES string of the molecule is O=C(Cl)c1cccc(Oc2ccccc2C(=O)Cl)c1. The van der Waals surface area contributed by atoms with Crippen molar-refractivity contribution in [3.8, 4) is 11.5 Å². The Morgan fingerprint density at radius 3 is 2.32 bits per heavy atom. The molecule has 0 unspecified atom stereocenters. The van der Waals surface area contributed by atoms with Crippen LogP contribution >= 0.6 is 23.2 Å². The number of hydrogen-bond donors (Lipinski definition) is 0. The minimum atomic E-state index is -0.611. The summed E-state index contributed by atoms with van der Waals surface area (Å²) in [5.41, 5.74) is 0.570. The van der Waals surface area contributed by atoms with Gasteiger partial charge in [-0.15, -0.1) is 0 Å². The van der Waals surface area contributed by atoms with E-state index in [0.717, 1.165) is 0 Å². The van der Waals surface area contributed by atoms with Gasteiger partial charge >= 0.3 is 0 Å². The third-order valence-electron chi connectivity index (χ3n) is 2.39. The number of hydrogen-bond acceptors (Lipinski definition) is 3. The van der Waals surface area contributed by atoms with Crippen LogP contribution in [0.25, 0.3) is 0 Å². The predicted octanol–water partition coefficient (Wildman–Crippen LogP) is 4.24. The maximum absolute atomic E-state index is 11.2. The summed E-state index contributed by atoms with van der Waals surface area (Å²) in [4.78, 5) is 22.3. The number of carbonyl (C=O) groups excluding carboxylic acids is 2. The van der Waals surface area contributed by atoms with Gasteiger partial charge in [-0.2, -0.15) is 0 Å². The van der Waals surface area contributed by atoms with Gasteiger partial charge < -0.3 is 4.74 Å². The van der Waals surface area contributed by atoms with Crippen LogP contribution in [0, 0.1) is 0 Å². The summed E-state index contributed by atoms with van der Waals surface area (Å²) in [6.45, 7) is 0. The van der Waals surface area contributed by atoms with Crippen molar-refractivity contribution >= 4 is 33.7 Å². The fraction of sp³-hybridized carbons (Fsp3) is 0. The molecule has 0 aliphatic carbocycles. The lowest BCUT2D eigenvalue weighted by Crippen LogP contribution is -1.95. The molecule has 0 spiro atoms. The molecule has 0 heterocycles. The van der Waals surface area contributed by atoms with E-state index in [2.05, 4.69) is 0 Å². The molecule has 0 radical (unpaired) electrons. The molecule has 96 valence electrons. The van der Waals surface area contributed by atoms with Gasteiger partial charge in [0.15, 0.2) is 0 Å². The molecule has 5 heteroatoms. The number of halogens is 2. The van der Waals surface area contributed by atoms with Gasteiger partial charge in [0, 0.05) is 5.56 Å². The van der Waals surface area contributed by atoms with Gasteiger partial charge in [-0.25, -0.2) is 0 Å². The van der Waals surface area contributed by atoms with Gasteiger partial charge in [0.2, 0.25) is 0 Å². The molecule has 2 rings (SSSR count). The largest absolute Gasteiger partial charge is 0.457 e. The fourth-order valence-electron chi connectivity index (χ4n) is 1.53. The van der Waals surface area contributed by atoms with Crippen LogP contribution in [-0.4, -0.2) is 10.5 Å². The van der Waals surface area contributed by atoms with E-state index in [4.69, 9.17) is 27.9 Å². The fourth-order valence-corrected chi connectivity index (χ4v) is 1.80. The van der Waals surface area contributed by atoms with Gasteiger partial charge in [0.05, 0.1) is 5.56 Å². The molecule has 0 aromatic heterocycles. The van der Waals surface area contributed by atoms with Gasteiger partial charge in [-0.3, -0.25) is 9.59 Å². The molecule has 0 saturated heterocycles. The average molecular weight is 295 g/mol.